The molecule has 4 rings (SSSR count). The third-order valence-corrected chi connectivity index (χ3v) is 5.95. The molecule has 1 fully saturated rings. The Hall–Kier alpha value is -4.77. The first-order valence-electron chi connectivity index (χ1n) is 12.3. The summed E-state index contributed by atoms with van der Waals surface area (Å²) in [5.74, 6) is -3.23. The second-order valence-corrected chi connectivity index (χ2v) is 9.06. The molecule has 44 heavy (non-hydrogen) atoms. The van der Waals surface area contributed by atoms with E-state index in [1.165, 1.54) is 30.4 Å². The van der Waals surface area contributed by atoms with Crippen LogP contribution in [0, 0.1) is 0 Å². The maximum atomic E-state index is 13.8. The fourth-order valence-electron chi connectivity index (χ4n) is 3.98. The van der Waals surface area contributed by atoms with Crippen molar-refractivity contribution in [2.24, 2.45) is 11.5 Å². The van der Waals surface area contributed by atoms with E-state index in [0.717, 1.165) is 30.7 Å². The Morgan fingerprint density at radius 2 is 1.73 bits per heavy atom. The number of guanidine groups is 1. The first-order valence-corrected chi connectivity index (χ1v) is 12.3. The number of rotatable bonds is 6. The molecule has 1 aliphatic rings. The number of hydrogen-bond acceptors (Lipinski definition) is 6. The Bertz CT molecular complexity index is 1530. The number of aliphatic carboxylic acids is 1. The highest BCUT2D eigenvalue weighted by atomic mass is 19.4. The monoisotopic (exact) mass is 639 g/mol. The second-order valence-electron chi connectivity index (χ2n) is 9.06. The van der Waals surface area contributed by atoms with Gasteiger partial charge in [-0.2, -0.15) is 44.5 Å². The molecule has 0 radical (unpaired) electrons. The van der Waals surface area contributed by atoms with Gasteiger partial charge < -0.3 is 19.2 Å². The molecule has 0 amide bonds. The summed E-state index contributed by atoms with van der Waals surface area (Å²) in [6.07, 6.45) is -10.4. The zero-order valence-corrected chi connectivity index (χ0v) is 22.1. The average molecular weight is 639 g/mol. The molecule has 238 valence electrons. The van der Waals surface area contributed by atoms with Crippen molar-refractivity contribution in [1.82, 2.24) is 10.1 Å². The number of hydrogen-bond donors (Lipinski definition) is 2. The molecule has 0 aliphatic carbocycles. The highest BCUT2D eigenvalue weighted by Gasteiger charge is 2.36. The van der Waals surface area contributed by atoms with Crippen molar-refractivity contribution in [1.29, 1.82) is 0 Å². The Morgan fingerprint density at radius 1 is 1.05 bits per heavy atom. The average Bonchev–Trinajstić information content (AvgIpc) is 3.60. The molecule has 4 N–H and O–H groups in total. The molecule has 0 spiro atoms. The van der Waals surface area contributed by atoms with Crippen LogP contribution in [0.2, 0.25) is 0 Å². The Balaban J connectivity index is 0.000000676. The van der Waals surface area contributed by atoms with Crippen LogP contribution >= 0.6 is 0 Å². The first-order chi connectivity index (χ1) is 20.4. The van der Waals surface area contributed by atoms with Gasteiger partial charge in [0.05, 0.1) is 17.7 Å². The van der Waals surface area contributed by atoms with Crippen molar-refractivity contribution in [3.8, 4) is 17.1 Å². The van der Waals surface area contributed by atoms with Crippen LogP contribution in [-0.2, 0) is 17.1 Å². The van der Waals surface area contributed by atoms with Crippen LogP contribution in [0.3, 0.4) is 0 Å². The topological polar surface area (TPSA) is 143 Å². The fraction of sp³-hybridized carbons (Fsp3) is 0.308. The predicted octanol–water partition coefficient (Wildman–Crippen LogP) is 4.29. The number of ether oxygens (including phenoxy) is 1. The number of benzene rings is 2. The quantitative estimate of drug-likeness (QED) is 0.231. The lowest BCUT2D eigenvalue weighted by molar-refractivity contribution is -0.555. The maximum absolute atomic E-state index is 13.8. The van der Waals surface area contributed by atoms with Gasteiger partial charge in [-0.3, -0.25) is 16.0 Å². The van der Waals surface area contributed by atoms with Gasteiger partial charge in [0, 0.05) is 5.56 Å². The third-order valence-electron chi connectivity index (χ3n) is 5.95. The summed E-state index contributed by atoms with van der Waals surface area (Å²) in [4.78, 5) is 13.0. The second kappa shape index (κ2) is 13.3. The number of halogens is 9. The van der Waals surface area contributed by atoms with E-state index in [2.05, 4.69) is 10.1 Å². The summed E-state index contributed by atoms with van der Waals surface area (Å²) in [6.45, 7) is 0.288. The van der Waals surface area contributed by atoms with Gasteiger partial charge in [0.25, 0.3) is 5.89 Å². The number of carbonyl (C=O) groups is 1. The van der Waals surface area contributed by atoms with Gasteiger partial charge in [-0.25, -0.2) is 0 Å². The minimum atomic E-state index is -5.19. The summed E-state index contributed by atoms with van der Waals surface area (Å²) >= 11 is 0. The number of nitrogens with two attached hydrogens (primary N) is 2. The Morgan fingerprint density at radius 3 is 2.32 bits per heavy atom. The van der Waals surface area contributed by atoms with E-state index >= 15 is 0 Å². The lowest BCUT2D eigenvalue weighted by Gasteiger charge is -2.14. The van der Waals surface area contributed by atoms with Crippen LogP contribution in [0.5, 0.6) is 5.75 Å². The molecule has 0 unspecified atom stereocenters. The smallest absolute Gasteiger partial charge is 0.430 e. The lowest BCUT2D eigenvalue weighted by Crippen LogP contribution is -2.37. The van der Waals surface area contributed by atoms with Gasteiger partial charge in [-0.05, 0) is 54.8 Å². The number of aromatic nitrogens is 2. The van der Waals surface area contributed by atoms with Crippen LogP contribution in [0.4, 0.5) is 39.5 Å². The van der Waals surface area contributed by atoms with E-state index in [-0.39, 0.29) is 41.5 Å². The first kappa shape index (κ1) is 33.7. The van der Waals surface area contributed by atoms with E-state index in [4.69, 9.17) is 30.6 Å². The van der Waals surface area contributed by atoms with Crippen LogP contribution in [0.25, 0.3) is 17.5 Å². The minimum Gasteiger partial charge on any atom is -0.542 e. The zero-order chi connectivity index (χ0) is 32.9. The standard InChI is InChI=1S/C24H21F6N5O2.C2HF3O2/c25-23(26,27)16-6-1-4-14(12-16)5-3-11-36-19-9-8-15(13-17(19)24(28,29)30)20-33-21(37-34-20)18-7-2-10-35(18)22(31)32;3-2(4,5)1(6)7/h1,3-6,8-9,12-13,18H,2,7,10-11H2,(H3,31,32);(H,6,7)/b5-3+;/t18-;/m0./s1. The summed E-state index contributed by atoms with van der Waals surface area (Å²) in [5, 5.41) is 12.6. The molecule has 3 aromatic rings. The van der Waals surface area contributed by atoms with Crippen molar-refractivity contribution < 1.29 is 63.3 Å². The number of carboxylic acids is 1. The summed E-state index contributed by atoms with van der Waals surface area (Å²) in [7, 11) is 0. The maximum Gasteiger partial charge on any atom is 0.430 e. The molecule has 1 aromatic heterocycles. The van der Waals surface area contributed by atoms with E-state index in [0.29, 0.717) is 13.0 Å². The predicted molar refractivity (Wildman–Crippen MR) is 132 cm³/mol. The Labute approximate surface area is 242 Å². The van der Waals surface area contributed by atoms with Crippen molar-refractivity contribution in [3.63, 3.8) is 0 Å². The van der Waals surface area contributed by atoms with Crippen LogP contribution in [0.15, 0.2) is 53.1 Å². The molecule has 18 heteroatoms. The number of nitrogens with zero attached hydrogens (tertiary/aromatic N) is 3. The molecule has 1 atom stereocenters. The summed E-state index contributed by atoms with van der Waals surface area (Å²) in [6, 6.07) is 7.48. The van der Waals surface area contributed by atoms with Crippen molar-refractivity contribution in [2.75, 3.05) is 13.2 Å². The molecule has 2 heterocycles. The number of carbonyl (C=O) groups excluding carboxylic acids is 1. The van der Waals surface area contributed by atoms with E-state index in [1.54, 1.807) is 4.58 Å². The molecule has 0 bridgehead atoms. The van der Waals surface area contributed by atoms with Crippen molar-refractivity contribution >= 4 is 18.0 Å². The van der Waals surface area contributed by atoms with Gasteiger partial charge in [-0.1, -0.05) is 23.4 Å². The molecular formula is C26H22F9N5O4. The zero-order valence-electron chi connectivity index (χ0n) is 22.1. The van der Waals surface area contributed by atoms with Gasteiger partial charge in [0.15, 0.2) is 6.04 Å². The molecule has 1 saturated heterocycles. The van der Waals surface area contributed by atoms with Gasteiger partial charge in [0.1, 0.15) is 18.3 Å². The van der Waals surface area contributed by atoms with Crippen LogP contribution in [0.1, 0.15) is 41.5 Å². The van der Waals surface area contributed by atoms with E-state index in [9.17, 15) is 39.5 Å². The van der Waals surface area contributed by atoms with Gasteiger partial charge in [-0.15, -0.1) is 0 Å². The SMILES string of the molecule is NC(N)=[N+]1CCC[C@H]1c1nc(-c2ccc(OC/C=C/c3cccc(C(F)(F)F)c3)c(C(F)(F)F)c2)no1.O=C([O-])C(F)(F)F. The summed E-state index contributed by atoms with van der Waals surface area (Å²) < 4.78 is 124. The lowest BCUT2D eigenvalue weighted by atomic mass is 10.1. The highest BCUT2D eigenvalue weighted by molar-refractivity contribution is 5.71. The summed E-state index contributed by atoms with van der Waals surface area (Å²) in [5.41, 5.74) is 9.74. The molecule has 9 nitrogen and oxygen atoms in total. The highest BCUT2D eigenvalue weighted by Crippen LogP contribution is 2.39. The molecular weight excluding hydrogens is 617 g/mol. The fourth-order valence-corrected chi connectivity index (χ4v) is 3.98. The van der Waals surface area contributed by atoms with Crippen molar-refractivity contribution in [2.45, 2.75) is 37.4 Å². The van der Waals surface area contributed by atoms with E-state index < -0.39 is 41.4 Å². The van der Waals surface area contributed by atoms with Gasteiger partial charge in [0.2, 0.25) is 5.82 Å². The normalized spacial score (nSPS) is 15.7. The third kappa shape index (κ3) is 8.87. The van der Waals surface area contributed by atoms with Crippen LogP contribution in [-0.4, -0.2) is 46.0 Å². The minimum absolute atomic E-state index is 0.0427. The number of alkyl halides is 9. The van der Waals surface area contributed by atoms with Gasteiger partial charge >= 0.3 is 24.5 Å². The molecule has 1 aliphatic heterocycles. The molecule has 0 saturated carbocycles. The van der Waals surface area contributed by atoms with Crippen molar-refractivity contribution in [3.05, 3.63) is 71.1 Å². The Kier molecular flexibility index (Phi) is 10.2. The molecule has 2 aromatic carbocycles. The van der Waals surface area contributed by atoms with Crippen LogP contribution < -0.4 is 21.3 Å². The largest absolute Gasteiger partial charge is 0.542 e. The van der Waals surface area contributed by atoms with E-state index in [1.807, 2.05) is 0 Å². The number of carboxylic acid groups (broad SMARTS) is 1.